The van der Waals surface area contributed by atoms with E-state index in [-0.39, 0.29) is 34.7 Å². The van der Waals surface area contributed by atoms with E-state index in [9.17, 15) is 16.8 Å². The van der Waals surface area contributed by atoms with Gasteiger partial charge in [-0.25, -0.2) is 16.8 Å². The zero-order valence-electron chi connectivity index (χ0n) is 19.6. The van der Waals surface area contributed by atoms with E-state index in [0.29, 0.717) is 56.8 Å². The van der Waals surface area contributed by atoms with E-state index in [1.54, 1.807) is 12.1 Å². The molecule has 196 valence electrons. The number of benzene rings is 2. The van der Waals surface area contributed by atoms with E-state index in [2.05, 4.69) is 10.0 Å². The first-order valence-corrected chi connectivity index (χ1v) is 14.8. The fraction of sp³-hybridized carbons (Fsp3) is 0.478. The highest BCUT2D eigenvalue weighted by Crippen LogP contribution is 2.34. The molecule has 0 aromatic heterocycles. The van der Waals surface area contributed by atoms with Gasteiger partial charge in [0.25, 0.3) is 10.0 Å². The van der Waals surface area contributed by atoms with Crippen molar-refractivity contribution >= 4 is 31.4 Å². The normalized spacial score (nSPS) is 20.7. The minimum atomic E-state index is -4.08. The quantitative estimate of drug-likeness (QED) is 0.516. The van der Waals surface area contributed by atoms with Gasteiger partial charge in [-0.3, -0.25) is 4.72 Å². The number of anilines is 2. The van der Waals surface area contributed by atoms with Crippen LogP contribution in [0.4, 0.5) is 11.4 Å². The average Bonchev–Trinajstić information content (AvgIpc) is 3.42. The van der Waals surface area contributed by atoms with Crippen LogP contribution in [0.5, 0.6) is 11.5 Å². The highest BCUT2D eigenvalue weighted by molar-refractivity contribution is 7.92. The topological polar surface area (TPSA) is 132 Å². The fourth-order valence-electron chi connectivity index (χ4n) is 4.28. The molecule has 1 atom stereocenters. The fourth-order valence-corrected chi connectivity index (χ4v) is 6.80. The van der Waals surface area contributed by atoms with Crippen LogP contribution in [-0.2, 0) is 29.5 Å². The summed E-state index contributed by atoms with van der Waals surface area (Å²) in [5.41, 5.74) is 0.574. The molecule has 36 heavy (non-hydrogen) atoms. The Kier molecular flexibility index (Phi) is 7.26. The number of nitrogens with zero attached hydrogens (tertiary/aromatic N) is 1. The minimum Gasteiger partial charge on any atom is -0.486 e. The van der Waals surface area contributed by atoms with Crippen LogP contribution in [0.1, 0.15) is 12.8 Å². The van der Waals surface area contributed by atoms with Crippen molar-refractivity contribution in [1.82, 2.24) is 4.31 Å². The van der Waals surface area contributed by atoms with Gasteiger partial charge in [-0.2, -0.15) is 4.31 Å². The van der Waals surface area contributed by atoms with Crippen LogP contribution >= 0.6 is 0 Å². The van der Waals surface area contributed by atoms with Crippen molar-refractivity contribution in [2.24, 2.45) is 0 Å². The van der Waals surface area contributed by atoms with Gasteiger partial charge in [-0.05, 0) is 43.2 Å². The Morgan fingerprint density at radius 1 is 0.833 bits per heavy atom. The second-order valence-electron chi connectivity index (χ2n) is 8.65. The van der Waals surface area contributed by atoms with Gasteiger partial charge in [0.1, 0.15) is 13.2 Å². The number of hydrogen-bond acceptors (Lipinski definition) is 9. The molecule has 0 radical (unpaired) electrons. The highest BCUT2D eigenvalue weighted by Gasteiger charge is 2.28. The van der Waals surface area contributed by atoms with Gasteiger partial charge in [0, 0.05) is 32.3 Å². The van der Waals surface area contributed by atoms with Gasteiger partial charge in [-0.15, -0.1) is 0 Å². The smallest absolute Gasteiger partial charge is 0.262 e. The maximum Gasteiger partial charge on any atom is 0.262 e. The molecule has 0 unspecified atom stereocenters. The van der Waals surface area contributed by atoms with Gasteiger partial charge < -0.3 is 24.3 Å². The molecule has 0 spiro atoms. The summed E-state index contributed by atoms with van der Waals surface area (Å²) >= 11 is 0. The van der Waals surface area contributed by atoms with E-state index < -0.39 is 20.0 Å². The molecule has 3 heterocycles. The van der Waals surface area contributed by atoms with Crippen molar-refractivity contribution in [3.63, 3.8) is 0 Å². The Bertz CT molecular complexity index is 1300. The van der Waals surface area contributed by atoms with E-state index in [0.717, 1.165) is 12.8 Å². The number of hydrogen-bond donors (Lipinski definition) is 2. The third-order valence-corrected chi connectivity index (χ3v) is 9.47. The monoisotopic (exact) mass is 539 g/mol. The van der Waals surface area contributed by atoms with Crippen molar-refractivity contribution in [2.45, 2.75) is 28.7 Å². The van der Waals surface area contributed by atoms with Crippen LogP contribution < -0.4 is 19.5 Å². The Morgan fingerprint density at radius 3 is 2.33 bits per heavy atom. The molecule has 2 fully saturated rings. The molecule has 2 saturated heterocycles. The van der Waals surface area contributed by atoms with Gasteiger partial charge in [0.2, 0.25) is 10.0 Å². The summed E-state index contributed by atoms with van der Waals surface area (Å²) in [6.45, 7) is 2.96. The zero-order valence-corrected chi connectivity index (χ0v) is 21.3. The highest BCUT2D eigenvalue weighted by atomic mass is 32.2. The second-order valence-corrected chi connectivity index (χ2v) is 12.3. The van der Waals surface area contributed by atoms with Gasteiger partial charge in [-0.1, -0.05) is 0 Å². The molecule has 11 nitrogen and oxygen atoms in total. The lowest BCUT2D eigenvalue weighted by Gasteiger charge is -2.26. The van der Waals surface area contributed by atoms with Gasteiger partial charge in [0.05, 0.1) is 40.5 Å². The van der Waals surface area contributed by atoms with E-state index in [1.165, 1.54) is 28.6 Å². The Labute approximate surface area is 210 Å². The summed E-state index contributed by atoms with van der Waals surface area (Å²) in [4.78, 5) is -0.0368. The van der Waals surface area contributed by atoms with Gasteiger partial charge >= 0.3 is 0 Å². The molecular formula is C23H29N3O8S2. The molecule has 2 aromatic carbocycles. The van der Waals surface area contributed by atoms with Crippen LogP contribution in [0.15, 0.2) is 46.2 Å². The van der Waals surface area contributed by atoms with Crippen molar-refractivity contribution in [3.05, 3.63) is 36.4 Å². The molecular weight excluding hydrogens is 510 g/mol. The lowest BCUT2D eigenvalue weighted by molar-refractivity contribution is 0.0730. The first-order valence-electron chi connectivity index (χ1n) is 11.8. The third kappa shape index (κ3) is 5.39. The summed E-state index contributed by atoms with van der Waals surface area (Å²) in [7, 11) is -7.91. The number of fused-ring (bicyclic) bond motifs is 1. The van der Waals surface area contributed by atoms with Crippen LogP contribution in [0.2, 0.25) is 0 Å². The van der Waals surface area contributed by atoms with Crippen molar-refractivity contribution in [2.75, 3.05) is 62.7 Å². The van der Waals surface area contributed by atoms with Crippen LogP contribution in [-0.4, -0.2) is 79.9 Å². The molecule has 3 aliphatic heterocycles. The second kappa shape index (κ2) is 10.4. The van der Waals surface area contributed by atoms with Gasteiger partial charge in [0.15, 0.2) is 11.5 Å². The van der Waals surface area contributed by atoms with E-state index in [1.807, 2.05) is 0 Å². The molecule has 0 bridgehead atoms. The first-order chi connectivity index (χ1) is 17.3. The molecule has 13 heteroatoms. The average molecular weight is 540 g/mol. The standard InChI is InChI=1S/C23H29N3O8S2/c27-35(28,18-4-6-22-23(15-18)34-13-12-33-22)25-21-14-19(36(29,30)26-7-10-31-11-8-26)3-5-20(21)24-16-17-2-1-9-32-17/h3-6,14-15,17,24-25H,1-2,7-13,16H2/t17-/m1/s1. The predicted octanol–water partition coefficient (Wildman–Crippen LogP) is 1.87. The zero-order chi connectivity index (χ0) is 25.2. The summed E-state index contributed by atoms with van der Waals surface area (Å²) in [5, 5.41) is 3.21. The number of nitrogens with one attached hydrogen (secondary N) is 2. The van der Waals surface area contributed by atoms with E-state index in [4.69, 9.17) is 18.9 Å². The van der Waals surface area contributed by atoms with Crippen molar-refractivity contribution < 1.29 is 35.8 Å². The predicted molar refractivity (Wildman–Crippen MR) is 132 cm³/mol. The summed E-state index contributed by atoms with van der Waals surface area (Å²) < 4.78 is 79.0. The van der Waals surface area contributed by atoms with Crippen molar-refractivity contribution in [3.8, 4) is 11.5 Å². The summed E-state index contributed by atoms with van der Waals surface area (Å²) in [5.74, 6) is 0.808. The molecule has 0 saturated carbocycles. The Morgan fingerprint density at radius 2 is 1.58 bits per heavy atom. The van der Waals surface area contributed by atoms with Crippen LogP contribution in [0.3, 0.4) is 0 Å². The van der Waals surface area contributed by atoms with Crippen molar-refractivity contribution in [1.29, 1.82) is 0 Å². The number of rotatable bonds is 8. The van der Waals surface area contributed by atoms with E-state index >= 15 is 0 Å². The third-order valence-electron chi connectivity index (χ3n) is 6.21. The summed E-state index contributed by atoms with van der Waals surface area (Å²) in [6, 6.07) is 8.75. The molecule has 0 amide bonds. The number of sulfonamides is 2. The lowest BCUT2D eigenvalue weighted by Crippen LogP contribution is -2.40. The first kappa shape index (κ1) is 25.1. The van der Waals surface area contributed by atoms with Crippen LogP contribution in [0, 0.1) is 0 Å². The maximum atomic E-state index is 13.3. The Balaban J connectivity index is 1.46. The summed E-state index contributed by atoms with van der Waals surface area (Å²) in [6.07, 6.45) is 1.87. The SMILES string of the molecule is O=S(=O)(Nc1cc(S(=O)(=O)N2CCOCC2)ccc1NC[C@H]1CCCO1)c1ccc2c(c1)OCCO2. The molecule has 2 N–H and O–H groups in total. The minimum absolute atomic E-state index is 0.00371. The molecule has 5 rings (SSSR count). The largest absolute Gasteiger partial charge is 0.486 e. The molecule has 3 aliphatic rings. The molecule has 0 aliphatic carbocycles. The Hall–Kier alpha value is -2.58. The lowest BCUT2D eigenvalue weighted by atomic mass is 10.2. The maximum absolute atomic E-state index is 13.3. The number of morpholine rings is 1. The number of ether oxygens (including phenoxy) is 4. The molecule has 2 aromatic rings. The van der Waals surface area contributed by atoms with Crippen LogP contribution in [0.25, 0.3) is 0 Å².